The molecule has 110 valence electrons. The van der Waals surface area contributed by atoms with E-state index in [-0.39, 0.29) is 0 Å². The third-order valence-corrected chi connectivity index (χ3v) is 3.84. The summed E-state index contributed by atoms with van der Waals surface area (Å²) in [6, 6.07) is 9.37. The first-order chi connectivity index (χ1) is 10.2. The van der Waals surface area contributed by atoms with Gasteiger partial charge in [-0.25, -0.2) is 4.98 Å². The zero-order valence-corrected chi connectivity index (χ0v) is 13.2. The second kappa shape index (κ2) is 7.77. The summed E-state index contributed by atoms with van der Waals surface area (Å²) in [5.74, 6) is 0.756. The summed E-state index contributed by atoms with van der Waals surface area (Å²) in [7, 11) is 2.09. The molecule has 0 spiro atoms. The molecule has 0 aliphatic rings. The van der Waals surface area contributed by atoms with Crippen molar-refractivity contribution < 1.29 is 4.74 Å². The van der Waals surface area contributed by atoms with Crippen LogP contribution in [0.15, 0.2) is 29.6 Å². The van der Waals surface area contributed by atoms with E-state index in [1.54, 1.807) is 23.5 Å². The normalized spacial score (nSPS) is 10.6. The summed E-state index contributed by atoms with van der Waals surface area (Å²) in [4.78, 5) is 6.70. The van der Waals surface area contributed by atoms with Crippen LogP contribution in [-0.4, -0.2) is 30.1 Å². The van der Waals surface area contributed by atoms with E-state index in [9.17, 15) is 0 Å². The molecule has 1 heterocycles. The number of thiazole rings is 1. The number of hydrogen-bond acceptors (Lipinski definition) is 5. The molecule has 2 rings (SSSR count). The molecule has 0 saturated carbocycles. The van der Waals surface area contributed by atoms with E-state index in [2.05, 4.69) is 28.4 Å². The maximum absolute atomic E-state index is 8.83. The maximum atomic E-state index is 8.83. The van der Waals surface area contributed by atoms with Crippen LogP contribution >= 0.6 is 11.3 Å². The molecule has 2 aromatic rings. The van der Waals surface area contributed by atoms with Crippen molar-refractivity contribution in [3.8, 4) is 11.8 Å². The lowest BCUT2D eigenvalue weighted by Gasteiger charge is -2.15. The van der Waals surface area contributed by atoms with Gasteiger partial charge in [0.05, 0.1) is 28.9 Å². The topological polar surface area (TPSA) is 49.2 Å². The van der Waals surface area contributed by atoms with E-state index in [4.69, 9.17) is 10.00 Å². The van der Waals surface area contributed by atoms with Crippen molar-refractivity contribution in [1.29, 1.82) is 5.26 Å². The molecule has 4 nitrogen and oxygen atoms in total. The van der Waals surface area contributed by atoms with Crippen molar-refractivity contribution in [2.45, 2.75) is 19.9 Å². The highest BCUT2D eigenvalue weighted by Gasteiger charge is 2.04. The zero-order chi connectivity index (χ0) is 15.1. The summed E-state index contributed by atoms with van der Waals surface area (Å²) in [5, 5.41) is 12.0. The molecule has 5 heteroatoms. The van der Waals surface area contributed by atoms with Crippen LogP contribution in [0.4, 0.5) is 0 Å². The lowest BCUT2D eigenvalue weighted by Crippen LogP contribution is -2.21. The Balaban J connectivity index is 1.68. The Kier molecular flexibility index (Phi) is 5.73. The first kappa shape index (κ1) is 15.5. The SMILES string of the molecule is Cc1nc(CN(C)CCCOc2cccc(C#N)c2)cs1. The molecule has 1 aromatic carbocycles. The smallest absolute Gasteiger partial charge is 0.120 e. The summed E-state index contributed by atoms with van der Waals surface area (Å²) in [6.07, 6.45) is 0.941. The number of nitrogens with zero attached hydrogens (tertiary/aromatic N) is 3. The van der Waals surface area contributed by atoms with Crippen molar-refractivity contribution in [1.82, 2.24) is 9.88 Å². The van der Waals surface area contributed by atoms with Crippen molar-refractivity contribution in [2.75, 3.05) is 20.2 Å². The minimum atomic E-state index is 0.628. The standard InChI is InChI=1S/C16H19N3OS/c1-13-18-15(12-21-13)11-19(2)7-4-8-20-16-6-3-5-14(9-16)10-17/h3,5-6,9,12H,4,7-8,11H2,1-2H3. The molecule has 0 bridgehead atoms. The minimum absolute atomic E-state index is 0.628. The van der Waals surface area contributed by atoms with E-state index >= 15 is 0 Å². The van der Waals surface area contributed by atoms with Crippen LogP contribution in [0.5, 0.6) is 5.75 Å². The van der Waals surface area contributed by atoms with E-state index in [1.165, 1.54) is 0 Å². The van der Waals surface area contributed by atoms with Crippen LogP contribution in [0.3, 0.4) is 0 Å². The van der Waals surface area contributed by atoms with Crippen LogP contribution in [0.1, 0.15) is 22.7 Å². The number of benzene rings is 1. The fourth-order valence-electron chi connectivity index (χ4n) is 2.02. The third-order valence-electron chi connectivity index (χ3n) is 3.01. The quantitative estimate of drug-likeness (QED) is 0.737. The summed E-state index contributed by atoms with van der Waals surface area (Å²) in [6.45, 7) is 4.50. The summed E-state index contributed by atoms with van der Waals surface area (Å²) in [5.41, 5.74) is 1.76. The molecule has 0 unspecified atom stereocenters. The Morgan fingerprint density at radius 3 is 3.00 bits per heavy atom. The maximum Gasteiger partial charge on any atom is 0.120 e. The third kappa shape index (κ3) is 5.18. The predicted molar refractivity (Wildman–Crippen MR) is 84.5 cm³/mol. The second-order valence-corrected chi connectivity index (χ2v) is 6.00. The average Bonchev–Trinajstić information content (AvgIpc) is 2.89. The van der Waals surface area contributed by atoms with E-state index in [0.717, 1.165) is 36.0 Å². The predicted octanol–water partition coefficient (Wildman–Crippen LogP) is 3.22. The van der Waals surface area contributed by atoms with Gasteiger partial charge in [0.15, 0.2) is 0 Å². The molecule has 21 heavy (non-hydrogen) atoms. The Morgan fingerprint density at radius 2 is 2.29 bits per heavy atom. The molecular weight excluding hydrogens is 282 g/mol. The van der Waals surface area contributed by atoms with Gasteiger partial charge in [-0.05, 0) is 38.6 Å². The minimum Gasteiger partial charge on any atom is -0.494 e. The Bertz CT molecular complexity index is 618. The molecule has 0 fully saturated rings. The largest absolute Gasteiger partial charge is 0.494 e. The fraction of sp³-hybridized carbons (Fsp3) is 0.375. The first-order valence-corrected chi connectivity index (χ1v) is 7.78. The van der Waals surface area contributed by atoms with Gasteiger partial charge in [0.25, 0.3) is 0 Å². The lowest BCUT2D eigenvalue weighted by molar-refractivity contribution is 0.257. The number of hydrogen-bond donors (Lipinski definition) is 0. The van der Waals surface area contributed by atoms with Crippen LogP contribution < -0.4 is 4.74 Å². The molecule has 0 saturated heterocycles. The molecule has 0 aliphatic heterocycles. The number of rotatable bonds is 7. The summed E-state index contributed by atoms with van der Waals surface area (Å²) < 4.78 is 5.66. The van der Waals surface area contributed by atoms with E-state index < -0.39 is 0 Å². The number of nitriles is 1. The van der Waals surface area contributed by atoms with Gasteiger partial charge in [-0.15, -0.1) is 11.3 Å². The summed E-state index contributed by atoms with van der Waals surface area (Å²) >= 11 is 1.69. The number of aromatic nitrogens is 1. The van der Waals surface area contributed by atoms with E-state index in [0.29, 0.717) is 12.2 Å². The van der Waals surface area contributed by atoms with Crippen LogP contribution in [-0.2, 0) is 6.54 Å². The number of ether oxygens (including phenoxy) is 1. The molecule has 0 amide bonds. The number of aryl methyl sites for hydroxylation is 1. The van der Waals surface area contributed by atoms with Gasteiger partial charge in [-0.3, -0.25) is 0 Å². The first-order valence-electron chi connectivity index (χ1n) is 6.90. The van der Waals surface area contributed by atoms with Gasteiger partial charge < -0.3 is 9.64 Å². The molecule has 1 aromatic heterocycles. The van der Waals surface area contributed by atoms with Crippen LogP contribution in [0.2, 0.25) is 0 Å². The van der Waals surface area contributed by atoms with Gasteiger partial charge in [0, 0.05) is 18.5 Å². The molecule has 0 N–H and O–H groups in total. The van der Waals surface area contributed by atoms with Crippen molar-refractivity contribution >= 4 is 11.3 Å². The molecule has 0 atom stereocenters. The van der Waals surface area contributed by atoms with E-state index in [1.807, 2.05) is 19.1 Å². The highest BCUT2D eigenvalue weighted by atomic mass is 32.1. The molecular formula is C16H19N3OS. The monoisotopic (exact) mass is 301 g/mol. The average molecular weight is 301 g/mol. The van der Waals surface area contributed by atoms with Gasteiger partial charge >= 0.3 is 0 Å². The Hall–Kier alpha value is -1.90. The highest BCUT2D eigenvalue weighted by Crippen LogP contribution is 2.13. The second-order valence-electron chi connectivity index (χ2n) is 4.94. The molecule has 0 aliphatic carbocycles. The van der Waals surface area contributed by atoms with Crippen molar-refractivity contribution in [3.63, 3.8) is 0 Å². The van der Waals surface area contributed by atoms with Crippen molar-refractivity contribution in [3.05, 3.63) is 45.9 Å². The zero-order valence-electron chi connectivity index (χ0n) is 12.4. The Morgan fingerprint density at radius 1 is 1.43 bits per heavy atom. The molecule has 0 radical (unpaired) electrons. The Labute approximate surface area is 129 Å². The van der Waals surface area contributed by atoms with Gasteiger partial charge in [0.2, 0.25) is 0 Å². The fourth-order valence-corrected chi connectivity index (χ4v) is 2.62. The van der Waals surface area contributed by atoms with Crippen LogP contribution in [0.25, 0.3) is 0 Å². The van der Waals surface area contributed by atoms with Gasteiger partial charge in [-0.1, -0.05) is 6.07 Å². The van der Waals surface area contributed by atoms with Crippen molar-refractivity contribution in [2.24, 2.45) is 0 Å². The van der Waals surface area contributed by atoms with Crippen LogP contribution in [0, 0.1) is 18.3 Å². The van der Waals surface area contributed by atoms with Gasteiger partial charge in [-0.2, -0.15) is 5.26 Å². The van der Waals surface area contributed by atoms with Gasteiger partial charge in [0.1, 0.15) is 5.75 Å². The lowest BCUT2D eigenvalue weighted by atomic mass is 10.2. The highest BCUT2D eigenvalue weighted by molar-refractivity contribution is 7.09.